The summed E-state index contributed by atoms with van der Waals surface area (Å²) in [6.07, 6.45) is 0.642. The summed E-state index contributed by atoms with van der Waals surface area (Å²) in [4.78, 5) is 10.8. The Labute approximate surface area is 121 Å². The smallest absolute Gasteiger partial charge is 0.322 e. The maximum atomic E-state index is 13.6. The molecule has 1 N–H and O–H groups in total. The SMILES string of the molecule is C[C@@H]1CC[C@H](C(=O)O)N1S(=O)(=O)c1ccc(C#N)c(F)c1. The normalized spacial score (nSPS) is 22.9. The van der Waals surface area contributed by atoms with Gasteiger partial charge in [-0.15, -0.1) is 0 Å². The molecule has 1 saturated heterocycles. The molecule has 1 aliphatic heterocycles. The van der Waals surface area contributed by atoms with Crippen molar-refractivity contribution in [1.29, 1.82) is 5.26 Å². The maximum Gasteiger partial charge on any atom is 0.322 e. The van der Waals surface area contributed by atoms with Crippen molar-refractivity contribution in [3.05, 3.63) is 29.6 Å². The van der Waals surface area contributed by atoms with Gasteiger partial charge in [0.2, 0.25) is 10.0 Å². The molecule has 1 aromatic carbocycles. The van der Waals surface area contributed by atoms with E-state index in [1.165, 1.54) is 0 Å². The highest BCUT2D eigenvalue weighted by molar-refractivity contribution is 7.89. The summed E-state index contributed by atoms with van der Waals surface area (Å²) in [7, 11) is -4.13. The molecule has 2 atom stereocenters. The van der Waals surface area contributed by atoms with E-state index in [0.29, 0.717) is 6.42 Å². The Morgan fingerprint density at radius 1 is 1.48 bits per heavy atom. The van der Waals surface area contributed by atoms with Gasteiger partial charge in [0.1, 0.15) is 17.9 Å². The Hall–Kier alpha value is -1.98. The fourth-order valence-electron chi connectivity index (χ4n) is 2.47. The maximum absolute atomic E-state index is 13.6. The van der Waals surface area contributed by atoms with Gasteiger partial charge in [-0.05, 0) is 38.0 Å². The molecule has 8 heteroatoms. The van der Waals surface area contributed by atoms with Crippen LogP contribution < -0.4 is 0 Å². The summed E-state index contributed by atoms with van der Waals surface area (Å²) < 4.78 is 39.5. The van der Waals surface area contributed by atoms with Gasteiger partial charge in [0.05, 0.1) is 10.5 Å². The van der Waals surface area contributed by atoms with Gasteiger partial charge in [0.25, 0.3) is 0 Å². The van der Waals surface area contributed by atoms with Gasteiger partial charge in [-0.2, -0.15) is 9.57 Å². The molecule has 6 nitrogen and oxygen atoms in total. The molecule has 0 unspecified atom stereocenters. The molecule has 1 aromatic rings. The Kier molecular flexibility index (Phi) is 3.98. The van der Waals surface area contributed by atoms with Crippen molar-refractivity contribution in [2.45, 2.75) is 36.7 Å². The van der Waals surface area contributed by atoms with E-state index in [1.807, 2.05) is 0 Å². The van der Waals surface area contributed by atoms with Crippen molar-refractivity contribution in [2.75, 3.05) is 0 Å². The standard InChI is InChI=1S/C13H13FN2O4S/c1-8-2-5-12(13(17)18)16(8)21(19,20)10-4-3-9(7-15)11(14)6-10/h3-4,6,8,12H,2,5H2,1H3,(H,17,18)/t8-,12-/m1/s1. The van der Waals surface area contributed by atoms with Crippen LogP contribution in [0.15, 0.2) is 23.1 Å². The second-order valence-electron chi connectivity index (χ2n) is 4.87. The first kappa shape index (κ1) is 15.4. The number of sulfonamides is 1. The average molecular weight is 312 g/mol. The van der Waals surface area contributed by atoms with Crippen LogP contribution >= 0.6 is 0 Å². The summed E-state index contributed by atoms with van der Waals surface area (Å²) in [6, 6.07) is 2.90. The Morgan fingerprint density at radius 2 is 2.14 bits per heavy atom. The molecule has 112 valence electrons. The number of carboxylic acids is 1. The quantitative estimate of drug-likeness (QED) is 0.907. The van der Waals surface area contributed by atoms with E-state index in [9.17, 15) is 17.6 Å². The van der Waals surface area contributed by atoms with E-state index in [4.69, 9.17) is 10.4 Å². The number of nitrogens with zero attached hydrogens (tertiary/aromatic N) is 2. The van der Waals surface area contributed by atoms with E-state index < -0.39 is 33.9 Å². The number of hydrogen-bond donors (Lipinski definition) is 1. The van der Waals surface area contributed by atoms with E-state index in [1.54, 1.807) is 13.0 Å². The van der Waals surface area contributed by atoms with E-state index >= 15 is 0 Å². The molecule has 0 radical (unpaired) electrons. The number of carbonyl (C=O) groups is 1. The Morgan fingerprint density at radius 3 is 2.67 bits per heavy atom. The van der Waals surface area contributed by atoms with Gasteiger partial charge in [-0.1, -0.05) is 0 Å². The van der Waals surface area contributed by atoms with Crippen molar-refractivity contribution < 1.29 is 22.7 Å². The highest BCUT2D eigenvalue weighted by Crippen LogP contribution is 2.31. The van der Waals surface area contributed by atoms with Crippen molar-refractivity contribution in [3.63, 3.8) is 0 Å². The largest absolute Gasteiger partial charge is 0.480 e. The third-order valence-corrected chi connectivity index (χ3v) is 5.54. The number of halogens is 1. The highest BCUT2D eigenvalue weighted by atomic mass is 32.2. The molecule has 1 aliphatic rings. The molecule has 21 heavy (non-hydrogen) atoms. The zero-order chi connectivity index (χ0) is 15.8. The molecular formula is C13H13FN2O4S. The van der Waals surface area contributed by atoms with Gasteiger partial charge in [0, 0.05) is 6.04 Å². The lowest BCUT2D eigenvalue weighted by atomic mass is 10.2. The fourth-order valence-corrected chi connectivity index (χ4v) is 4.31. The molecule has 0 aromatic heterocycles. The molecule has 0 aliphatic carbocycles. The number of benzene rings is 1. The van der Waals surface area contributed by atoms with Crippen LogP contribution in [0.2, 0.25) is 0 Å². The second kappa shape index (κ2) is 5.42. The number of carboxylic acid groups (broad SMARTS) is 1. The molecule has 0 amide bonds. The minimum absolute atomic E-state index is 0.217. The summed E-state index contributed by atoms with van der Waals surface area (Å²) in [6.45, 7) is 1.61. The monoisotopic (exact) mass is 312 g/mol. The number of hydrogen-bond acceptors (Lipinski definition) is 4. The minimum Gasteiger partial charge on any atom is -0.480 e. The van der Waals surface area contributed by atoms with Gasteiger partial charge in [-0.3, -0.25) is 4.79 Å². The predicted octanol–water partition coefficient (Wildman–Crippen LogP) is 1.32. The lowest BCUT2D eigenvalue weighted by Gasteiger charge is -2.25. The third-order valence-electron chi connectivity index (χ3n) is 3.52. The molecule has 1 heterocycles. The van der Waals surface area contributed by atoms with Crippen molar-refractivity contribution in [3.8, 4) is 6.07 Å². The summed E-state index contributed by atoms with van der Waals surface area (Å²) in [5, 5.41) is 17.8. The van der Waals surface area contributed by atoms with Gasteiger partial charge < -0.3 is 5.11 Å². The molecule has 2 rings (SSSR count). The Balaban J connectivity index is 2.49. The summed E-state index contributed by atoms with van der Waals surface area (Å²) in [5.41, 5.74) is -0.266. The zero-order valence-electron chi connectivity index (χ0n) is 11.2. The second-order valence-corrected chi connectivity index (χ2v) is 6.71. The van der Waals surface area contributed by atoms with Crippen LogP contribution in [0.4, 0.5) is 4.39 Å². The van der Waals surface area contributed by atoms with Gasteiger partial charge in [0.15, 0.2) is 0 Å². The van der Waals surface area contributed by atoms with Crippen molar-refractivity contribution in [2.24, 2.45) is 0 Å². The number of aliphatic carboxylic acids is 1. The zero-order valence-corrected chi connectivity index (χ0v) is 12.0. The van der Waals surface area contributed by atoms with E-state index in [0.717, 1.165) is 22.5 Å². The van der Waals surface area contributed by atoms with Crippen LogP contribution in [0.3, 0.4) is 0 Å². The summed E-state index contributed by atoms with van der Waals surface area (Å²) >= 11 is 0. The van der Waals surface area contributed by atoms with Crippen LogP contribution in [-0.4, -0.2) is 35.9 Å². The molecular weight excluding hydrogens is 299 g/mol. The highest BCUT2D eigenvalue weighted by Gasteiger charge is 2.43. The third kappa shape index (κ3) is 2.62. The minimum atomic E-state index is -4.13. The summed E-state index contributed by atoms with van der Waals surface area (Å²) in [5.74, 6) is -2.17. The van der Waals surface area contributed by atoms with Crippen molar-refractivity contribution >= 4 is 16.0 Å². The van der Waals surface area contributed by atoms with Crippen LogP contribution in [0, 0.1) is 17.1 Å². The lowest BCUT2D eigenvalue weighted by molar-refractivity contribution is -0.140. The van der Waals surface area contributed by atoms with Crippen LogP contribution in [-0.2, 0) is 14.8 Å². The van der Waals surface area contributed by atoms with E-state index in [-0.39, 0.29) is 16.9 Å². The molecule has 1 fully saturated rings. The molecule has 0 bridgehead atoms. The number of rotatable bonds is 3. The molecule has 0 spiro atoms. The topological polar surface area (TPSA) is 98.5 Å². The van der Waals surface area contributed by atoms with E-state index in [2.05, 4.69) is 0 Å². The van der Waals surface area contributed by atoms with Crippen LogP contribution in [0.1, 0.15) is 25.3 Å². The average Bonchev–Trinajstić information content (AvgIpc) is 2.81. The first-order valence-corrected chi connectivity index (χ1v) is 7.69. The lowest BCUT2D eigenvalue weighted by Crippen LogP contribution is -2.43. The van der Waals surface area contributed by atoms with Crippen molar-refractivity contribution in [1.82, 2.24) is 4.31 Å². The number of nitriles is 1. The Bertz CT molecular complexity index is 726. The molecule has 0 saturated carbocycles. The van der Waals surface area contributed by atoms with Gasteiger partial charge in [-0.25, -0.2) is 12.8 Å². The van der Waals surface area contributed by atoms with Crippen LogP contribution in [0.25, 0.3) is 0 Å². The first-order chi connectivity index (χ1) is 9.78. The fraction of sp³-hybridized carbons (Fsp3) is 0.385. The van der Waals surface area contributed by atoms with Crippen LogP contribution in [0.5, 0.6) is 0 Å². The predicted molar refractivity (Wildman–Crippen MR) is 70.3 cm³/mol. The van der Waals surface area contributed by atoms with Gasteiger partial charge >= 0.3 is 5.97 Å². The first-order valence-electron chi connectivity index (χ1n) is 6.25.